The SMILES string of the molecule is Cc1cccc(Nc2ncnc3c2nnn3C)n1. The van der Waals surface area contributed by atoms with Crippen LogP contribution in [0.5, 0.6) is 0 Å². The van der Waals surface area contributed by atoms with Crippen LogP contribution >= 0.6 is 0 Å². The van der Waals surface area contributed by atoms with Crippen LogP contribution in [0.2, 0.25) is 0 Å². The van der Waals surface area contributed by atoms with Gasteiger partial charge in [-0.2, -0.15) is 0 Å². The Morgan fingerprint density at radius 3 is 2.94 bits per heavy atom. The van der Waals surface area contributed by atoms with Gasteiger partial charge in [0, 0.05) is 12.7 Å². The van der Waals surface area contributed by atoms with Gasteiger partial charge in [-0.1, -0.05) is 11.3 Å². The summed E-state index contributed by atoms with van der Waals surface area (Å²) in [5, 5.41) is 11.1. The van der Waals surface area contributed by atoms with E-state index < -0.39 is 0 Å². The van der Waals surface area contributed by atoms with Gasteiger partial charge in [-0.25, -0.2) is 19.6 Å². The first-order valence-electron chi connectivity index (χ1n) is 5.45. The van der Waals surface area contributed by atoms with Gasteiger partial charge >= 0.3 is 0 Å². The molecular formula is C11H11N7. The molecule has 7 nitrogen and oxygen atoms in total. The van der Waals surface area contributed by atoms with Gasteiger partial charge in [0.2, 0.25) is 0 Å². The zero-order valence-corrected chi connectivity index (χ0v) is 9.99. The topological polar surface area (TPSA) is 81.4 Å². The summed E-state index contributed by atoms with van der Waals surface area (Å²) >= 11 is 0. The summed E-state index contributed by atoms with van der Waals surface area (Å²) in [5.74, 6) is 1.33. The summed E-state index contributed by atoms with van der Waals surface area (Å²) < 4.78 is 1.60. The van der Waals surface area contributed by atoms with Crippen molar-refractivity contribution in [2.75, 3.05) is 5.32 Å². The second-order valence-corrected chi connectivity index (χ2v) is 3.90. The van der Waals surface area contributed by atoms with E-state index in [4.69, 9.17) is 0 Å². The number of nitrogens with zero attached hydrogens (tertiary/aromatic N) is 6. The van der Waals surface area contributed by atoms with Crippen molar-refractivity contribution in [1.82, 2.24) is 29.9 Å². The monoisotopic (exact) mass is 241 g/mol. The lowest BCUT2D eigenvalue weighted by atomic mass is 10.3. The normalized spacial score (nSPS) is 10.8. The molecule has 0 saturated carbocycles. The average molecular weight is 241 g/mol. The number of aromatic nitrogens is 6. The van der Waals surface area contributed by atoms with Crippen molar-refractivity contribution >= 4 is 22.8 Å². The van der Waals surface area contributed by atoms with Crippen LogP contribution in [-0.4, -0.2) is 29.9 Å². The number of aryl methyl sites for hydroxylation is 2. The van der Waals surface area contributed by atoms with E-state index in [1.54, 1.807) is 11.7 Å². The molecule has 7 heteroatoms. The average Bonchev–Trinajstić information content (AvgIpc) is 2.73. The molecule has 0 spiro atoms. The molecule has 0 amide bonds. The Labute approximate surface area is 103 Å². The number of fused-ring (bicyclic) bond motifs is 1. The fraction of sp³-hybridized carbons (Fsp3) is 0.182. The fourth-order valence-corrected chi connectivity index (χ4v) is 1.68. The van der Waals surface area contributed by atoms with Gasteiger partial charge in [0.15, 0.2) is 17.0 Å². The lowest BCUT2D eigenvalue weighted by molar-refractivity contribution is 0.729. The van der Waals surface area contributed by atoms with Crippen molar-refractivity contribution in [3.63, 3.8) is 0 Å². The van der Waals surface area contributed by atoms with Gasteiger partial charge in [-0.3, -0.25) is 0 Å². The van der Waals surface area contributed by atoms with Crippen LogP contribution < -0.4 is 5.32 Å². The van der Waals surface area contributed by atoms with E-state index in [-0.39, 0.29) is 0 Å². The Morgan fingerprint density at radius 2 is 2.11 bits per heavy atom. The van der Waals surface area contributed by atoms with Crippen LogP contribution in [0.15, 0.2) is 24.5 Å². The molecule has 0 aliphatic carbocycles. The van der Waals surface area contributed by atoms with E-state index >= 15 is 0 Å². The maximum absolute atomic E-state index is 4.36. The molecule has 3 heterocycles. The van der Waals surface area contributed by atoms with E-state index in [9.17, 15) is 0 Å². The van der Waals surface area contributed by atoms with Crippen molar-refractivity contribution in [3.8, 4) is 0 Å². The lowest BCUT2D eigenvalue weighted by Crippen LogP contribution is -1.99. The van der Waals surface area contributed by atoms with Crippen LogP contribution in [0.3, 0.4) is 0 Å². The molecule has 3 aromatic heterocycles. The molecule has 0 bridgehead atoms. The predicted molar refractivity (Wildman–Crippen MR) is 66.4 cm³/mol. The van der Waals surface area contributed by atoms with Crippen LogP contribution in [0.1, 0.15) is 5.69 Å². The molecular weight excluding hydrogens is 230 g/mol. The lowest BCUT2D eigenvalue weighted by Gasteiger charge is -2.04. The number of hydrogen-bond donors (Lipinski definition) is 1. The van der Waals surface area contributed by atoms with Crippen molar-refractivity contribution < 1.29 is 0 Å². The number of anilines is 2. The molecule has 0 atom stereocenters. The van der Waals surface area contributed by atoms with Crippen molar-refractivity contribution in [3.05, 3.63) is 30.2 Å². The largest absolute Gasteiger partial charge is 0.323 e. The molecule has 0 unspecified atom stereocenters. The Morgan fingerprint density at radius 1 is 1.22 bits per heavy atom. The first kappa shape index (κ1) is 10.6. The molecule has 0 aromatic carbocycles. The smallest absolute Gasteiger partial charge is 0.183 e. The van der Waals surface area contributed by atoms with Crippen LogP contribution in [0.25, 0.3) is 11.2 Å². The van der Waals surface area contributed by atoms with E-state index in [2.05, 4.69) is 30.6 Å². The second kappa shape index (κ2) is 4.02. The van der Waals surface area contributed by atoms with Crippen molar-refractivity contribution in [1.29, 1.82) is 0 Å². The highest BCUT2D eigenvalue weighted by molar-refractivity contribution is 5.83. The first-order valence-corrected chi connectivity index (χ1v) is 5.45. The molecule has 0 radical (unpaired) electrons. The number of rotatable bonds is 2. The highest BCUT2D eigenvalue weighted by Gasteiger charge is 2.09. The fourth-order valence-electron chi connectivity index (χ4n) is 1.68. The molecule has 1 N–H and O–H groups in total. The minimum Gasteiger partial charge on any atom is -0.323 e. The van der Waals surface area contributed by atoms with Crippen molar-refractivity contribution in [2.24, 2.45) is 7.05 Å². The molecule has 0 aliphatic heterocycles. The van der Waals surface area contributed by atoms with Gasteiger partial charge < -0.3 is 5.32 Å². The molecule has 3 aromatic rings. The Balaban J connectivity index is 2.05. The van der Waals surface area contributed by atoms with Gasteiger partial charge in [0.25, 0.3) is 0 Å². The summed E-state index contributed by atoms with van der Waals surface area (Å²) in [6, 6.07) is 5.74. The van der Waals surface area contributed by atoms with Crippen molar-refractivity contribution in [2.45, 2.75) is 6.92 Å². The number of pyridine rings is 1. The first-order chi connectivity index (χ1) is 8.74. The summed E-state index contributed by atoms with van der Waals surface area (Å²) in [5.41, 5.74) is 2.24. The molecule has 0 aliphatic rings. The number of hydrogen-bond acceptors (Lipinski definition) is 6. The predicted octanol–water partition coefficient (Wildman–Crippen LogP) is 1.21. The third-order valence-electron chi connectivity index (χ3n) is 2.52. The van der Waals surface area contributed by atoms with Gasteiger partial charge in [0.05, 0.1) is 0 Å². The highest BCUT2D eigenvalue weighted by Crippen LogP contribution is 2.18. The van der Waals surface area contributed by atoms with Crippen LogP contribution in [0, 0.1) is 6.92 Å². The third kappa shape index (κ3) is 1.75. The molecule has 90 valence electrons. The third-order valence-corrected chi connectivity index (χ3v) is 2.52. The van der Waals surface area contributed by atoms with E-state index in [0.717, 1.165) is 11.5 Å². The van der Waals surface area contributed by atoms with Gasteiger partial charge in [-0.05, 0) is 19.1 Å². The second-order valence-electron chi connectivity index (χ2n) is 3.90. The van der Waals surface area contributed by atoms with E-state index in [1.165, 1.54) is 6.33 Å². The minimum atomic E-state index is 0.603. The molecule has 0 fully saturated rings. The molecule has 18 heavy (non-hydrogen) atoms. The molecule has 3 rings (SSSR count). The van der Waals surface area contributed by atoms with E-state index in [1.807, 2.05) is 25.1 Å². The molecule has 0 saturated heterocycles. The minimum absolute atomic E-state index is 0.603. The van der Waals surface area contributed by atoms with Gasteiger partial charge in [0.1, 0.15) is 12.1 Å². The number of nitrogens with one attached hydrogen (secondary N) is 1. The maximum atomic E-state index is 4.36. The Bertz CT molecular complexity index is 703. The summed E-state index contributed by atoms with van der Waals surface area (Å²) in [6.07, 6.45) is 1.48. The van der Waals surface area contributed by atoms with Crippen LogP contribution in [-0.2, 0) is 7.05 Å². The highest BCUT2D eigenvalue weighted by atomic mass is 15.4. The summed E-state index contributed by atoms with van der Waals surface area (Å²) in [4.78, 5) is 12.6. The zero-order valence-electron chi connectivity index (χ0n) is 9.99. The standard InChI is InChI=1S/C11H11N7/c1-7-4-3-5-8(14-7)15-10-9-11(13-6-12-10)18(2)17-16-9/h3-6H,1-2H3,(H,12,13,14,15). The Kier molecular flexibility index (Phi) is 2.36. The summed E-state index contributed by atoms with van der Waals surface area (Å²) in [7, 11) is 1.79. The van der Waals surface area contributed by atoms with Crippen LogP contribution in [0.4, 0.5) is 11.6 Å². The Hall–Kier alpha value is -2.57. The summed E-state index contributed by atoms with van der Waals surface area (Å²) in [6.45, 7) is 1.93. The van der Waals surface area contributed by atoms with Gasteiger partial charge in [-0.15, -0.1) is 5.10 Å². The maximum Gasteiger partial charge on any atom is 0.183 e. The van der Waals surface area contributed by atoms with E-state index in [0.29, 0.717) is 17.0 Å². The quantitative estimate of drug-likeness (QED) is 0.726. The zero-order chi connectivity index (χ0) is 12.5.